The molecule has 5 heteroatoms. The predicted molar refractivity (Wildman–Crippen MR) is 59.7 cm³/mol. The van der Waals surface area contributed by atoms with E-state index in [1.807, 2.05) is 31.0 Å². The molecule has 0 radical (unpaired) electrons. The van der Waals surface area contributed by atoms with Crippen LogP contribution in [0.4, 0.5) is 0 Å². The van der Waals surface area contributed by atoms with Gasteiger partial charge in [0.25, 0.3) is 0 Å². The molecule has 2 aromatic rings. The Bertz CT molecular complexity index is 422. The van der Waals surface area contributed by atoms with Crippen LogP contribution in [0.3, 0.4) is 0 Å². The molecule has 72 valence electrons. The van der Waals surface area contributed by atoms with E-state index < -0.39 is 0 Å². The Morgan fingerprint density at radius 2 is 2.00 bits per heavy atom. The number of aromatic nitrogens is 3. The Balaban J connectivity index is 2.33. The lowest BCUT2D eigenvalue weighted by molar-refractivity contribution is 0.972. The lowest BCUT2D eigenvalue weighted by atomic mass is 10.4. The van der Waals surface area contributed by atoms with E-state index in [1.165, 1.54) is 11.8 Å². The van der Waals surface area contributed by atoms with Gasteiger partial charge in [0.15, 0.2) is 5.16 Å². The van der Waals surface area contributed by atoms with Gasteiger partial charge in [-0.15, -0.1) is 11.3 Å². The van der Waals surface area contributed by atoms with Crippen LogP contribution in [-0.2, 0) is 0 Å². The first-order valence-electron chi connectivity index (χ1n) is 4.08. The number of hydrogen-bond acceptors (Lipinski definition) is 5. The fourth-order valence-corrected chi connectivity index (χ4v) is 2.11. The zero-order chi connectivity index (χ0) is 9.97. The fraction of sp³-hybridized carbons (Fsp3) is 0.222. The molecule has 14 heavy (non-hydrogen) atoms. The van der Waals surface area contributed by atoms with Crippen LogP contribution in [0, 0.1) is 6.92 Å². The molecule has 0 bridgehead atoms. The summed E-state index contributed by atoms with van der Waals surface area (Å²) in [6.07, 6.45) is 5.59. The van der Waals surface area contributed by atoms with Crippen molar-refractivity contribution >= 4 is 23.1 Å². The number of nitrogens with zero attached hydrogens (tertiary/aromatic N) is 3. The van der Waals surface area contributed by atoms with E-state index in [9.17, 15) is 0 Å². The third kappa shape index (κ3) is 1.93. The standard InChI is InChI=1S/C9H9N3S2/c1-6-5-14-8(12-6)7-3-10-9(13-2)11-4-7/h3-5H,1-2H3. The molecule has 0 aliphatic heterocycles. The largest absolute Gasteiger partial charge is 0.241 e. The molecule has 0 fully saturated rings. The molecule has 0 N–H and O–H groups in total. The van der Waals surface area contributed by atoms with Crippen molar-refractivity contribution in [2.75, 3.05) is 6.26 Å². The van der Waals surface area contributed by atoms with Crippen molar-refractivity contribution in [3.05, 3.63) is 23.5 Å². The summed E-state index contributed by atoms with van der Waals surface area (Å²) in [5.74, 6) is 0. The van der Waals surface area contributed by atoms with Gasteiger partial charge in [-0.1, -0.05) is 11.8 Å². The van der Waals surface area contributed by atoms with E-state index >= 15 is 0 Å². The first-order valence-corrected chi connectivity index (χ1v) is 6.18. The molecule has 2 heterocycles. The SMILES string of the molecule is CSc1ncc(-c2nc(C)cs2)cn1. The minimum atomic E-state index is 0.794. The molecular weight excluding hydrogens is 214 g/mol. The van der Waals surface area contributed by atoms with Crippen LogP contribution in [0.2, 0.25) is 0 Å². The topological polar surface area (TPSA) is 38.7 Å². The normalized spacial score (nSPS) is 10.4. The molecule has 0 saturated carbocycles. The number of hydrogen-bond donors (Lipinski definition) is 0. The van der Waals surface area contributed by atoms with Gasteiger partial charge in [0.05, 0.1) is 0 Å². The molecule has 0 saturated heterocycles. The Morgan fingerprint density at radius 3 is 2.50 bits per heavy atom. The van der Waals surface area contributed by atoms with Gasteiger partial charge in [0.1, 0.15) is 5.01 Å². The Morgan fingerprint density at radius 1 is 1.29 bits per heavy atom. The number of rotatable bonds is 2. The van der Waals surface area contributed by atoms with Crippen LogP contribution in [-0.4, -0.2) is 21.2 Å². The molecule has 0 aromatic carbocycles. The highest BCUT2D eigenvalue weighted by Crippen LogP contribution is 2.22. The van der Waals surface area contributed by atoms with Gasteiger partial charge in [-0.2, -0.15) is 0 Å². The Kier molecular flexibility index (Phi) is 2.79. The minimum Gasteiger partial charge on any atom is -0.241 e. The second kappa shape index (κ2) is 4.06. The van der Waals surface area contributed by atoms with Crippen molar-refractivity contribution in [1.82, 2.24) is 15.0 Å². The second-order valence-electron chi connectivity index (χ2n) is 2.75. The maximum atomic E-state index is 4.37. The van der Waals surface area contributed by atoms with Crippen LogP contribution in [0.25, 0.3) is 10.6 Å². The van der Waals surface area contributed by atoms with E-state index in [0.29, 0.717) is 0 Å². The summed E-state index contributed by atoms with van der Waals surface area (Å²) in [6, 6.07) is 0. The molecule has 2 rings (SSSR count). The highest BCUT2D eigenvalue weighted by atomic mass is 32.2. The van der Waals surface area contributed by atoms with Crippen molar-refractivity contribution in [1.29, 1.82) is 0 Å². The van der Waals surface area contributed by atoms with Crippen molar-refractivity contribution in [3.63, 3.8) is 0 Å². The van der Waals surface area contributed by atoms with Crippen LogP contribution in [0.15, 0.2) is 22.9 Å². The van der Waals surface area contributed by atoms with Crippen LogP contribution >= 0.6 is 23.1 Å². The van der Waals surface area contributed by atoms with Crippen LogP contribution in [0.5, 0.6) is 0 Å². The third-order valence-electron chi connectivity index (χ3n) is 1.68. The first kappa shape index (κ1) is 9.61. The van der Waals surface area contributed by atoms with Crippen LogP contribution < -0.4 is 0 Å². The van der Waals surface area contributed by atoms with E-state index in [-0.39, 0.29) is 0 Å². The quantitative estimate of drug-likeness (QED) is 0.579. The average molecular weight is 223 g/mol. The molecule has 0 atom stereocenters. The summed E-state index contributed by atoms with van der Waals surface area (Å²) in [7, 11) is 0. The fourth-order valence-electron chi connectivity index (χ4n) is 1.02. The molecule has 0 spiro atoms. The summed E-state index contributed by atoms with van der Waals surface area (Å²) in [6.45, 7) is 1.98. The van der Waals surface area contributed by atoms with Gasteiger partial charge >= 0.3 is 0 Å². The van der Waals surface area contributed by atoms with Gasteiger partial charge in [0.2, 0.25) is 0 Å². The van der Waals surface area contributed by atoms with Crippen molar-refractivity contribution in [2.45, 2.75) is 12.1 Å². The number of thioether (sulfide) groups is 1. The van der Waals surface area contributed by atoms with Gasteiger partial charge in [0, 0.05) is 29.0 Å². The third-order valence-corrected chi connectivity index (χ3v) is 3.26. The van der Waals surface area contributed by atoms with Crippen molar-refractivity contribution in [2.24, 2.45) is 0 Å². The lowest BCUT2D eigenvalue weighted by Crippen LogP contribution is -1.86. The van der Waals surface area contributed by atoms with E-state index in [0.717, 1.165) is 21.4 Å². The zero-order valence-corrected chi connectivity index (χ0v) is 9.52. The summed E-state index contributed by atoms with van der Waals surface area (Å²) in [5.41, 5.74) is 2.03. The van der Waals surface area contributed by atoms with Gasteiger partial charge < -0.3 is 0 Å². The smallest absolute Gasteiger partial charge is 0.187 e. The maximum absolute atomic E-state index is 4.37. The highest BCUT2D eigenvalue weighted by Gasteiger charge is 2.03. The average Bonchev–Trinajstić information content (AvgIpc) is 2.65. The van der Waals surface area contributed by atoms with Gasteiger partial charge in [-0.05, 0) is 13.2 Å². The Hall–Kier alpha value is -0.940. The highest BCUT2D eigenvalue weighted by molar-refractivity contribution is 7.98. The van der Waals surface area contributed by atoms with E-state index in [2.05, 4.69) is 15.0 Å². The van der Waals surface area contributed by atoms with Crippen molar-refractivity contribution < 1.29 is 0 Å². The summed E-state index contributed by atoms with van der Waals surface area (Å²) >= 11 is 3.16. The Labute approximate surface area is 90.6 Å². The van der Waals surface area contributed by atoms with Gasteiger partial charge in [-0.25, -0.2) is 15.0 Å². The summed E-state index contributed by atoms with van der Waals surface area (Å²) in [5, 5.41) is 3.80. The predicted octanol–water partition coefficient (Wildman–Crippen LogP) is 2.63. The first-order chi connectivity index (χ1) is 6.79. The minimum absolute atomic E-state index is 0.794. The van der Waals surface area contributed by atoms with E-state index in [1.54, 1.807) is 11.3 Å². The molecule has 0 aliphatic rings. The molecule has 2 aromatic heterocycles. The molecule has 0 unspecified atom stereocenters. The molecular formula is C9H9N3S2. The van der Waals surface area contributed by atoms with Crippen LogP contribution in [0.1, 0.15) is 5.69 Å². The number of thiazole rings is 1. The summed E-state index contributed by atoms with van der Waals surface area (Å²) < 4.78 is 0. The van der Waals surface area contributed by atoms with E-state index in [4.69, 9.17) is 0 Å². The molecule has 0 amide bonds. The molecule has 0 aliphatic carbocycles. The lowest BCUT2D eigenvalue weighted by Gasteiger charge is -1.96. The summed E-state index contributed by atoms with van der Waals surface area (Å²) in [4.78, 5) is 12.8. The van der Waals surface area contributed by atoms with Crippen molar-refractivity contribution in [3.8, 4) is 10.6 Å². The maximum Gasteiger partial charge on any atom is 0.187 e. The zero-order valence-electron chi connectivity index (χ0n) is 7.89. The van der Waals surface area contributed by atoms with Gasteiger partial charge in [-0.3, -0.25) is 0 Å². The second-order valence-corrected chi connectivity index (χ2v) is 4.38. The monoisotopic (exact) mass is 223 g/mol. The molecule has 3 nitrogen and oxygen atoms in total. The number of aryl methyl sites for hydroxylation is 1.